The molecule has 8 nitrogen and oxygen atoms in total. The summed E-state index contributed by atoms with van der Waals surface area (Å²) in [5, 5.41) is 7.33. The maximum atomic E-state index is 5.83. The van der Waals surface area contributed by atoms with Gasteiger partial charge in [0.15, 0.2) is 5.96 Å². The zero-order chi connectivity index (χ0) is 18.6. The summed E-state index contributed by atoms with van der Waals surface area (Å²) in [5.41, 5.74) is 0.937. The second-order valence-electron chi connectivity index (χ2n) is 7.52. The number of nitrogens with one attached hydrogen (secondary N) is 1. The molecule has 3 heterocycles. The van der Waals surface area contributed by atoms with E-state index in [1.165, 1.54) is 0 Å². The summed E-state index contributed by atoms with van der Waals surface area (Å²) >= 11 is 0. The molecule has 2 aromatic rings. The maximum Gasteiger partial charge on any atom is 0.213 e. The van der Waals surface area contributed by atoms with Gasteiger partial charge in [-0.25, -0.2) is 4.98 Å². The minimum absolute atomic E-state index is 0.0346. The molecule has 8 heteroatoms. The highest BCUT2D eigenvalue weighted by Crippen LogP contribution is 2.22. The molecule has 1 aliphatic rings. The number of nitrogens with zero attached hydrogens (tertiary/aromatic N) is 5. The Balaban J connectivity index is 1.48. The molecule has 0 atom stereocenters. The standard InChI is InChI=1S/C18H28N6O2/c1-18(2,3)15-11-20-16(26-15)12-21-17(19-4)24-8-6-23(7-9-24)13-14-5-10-25-22-14/h5,10-11H,6-9,12-13H2,1-4H3,(H,19,21). The molecule has 2 aromatic heterocycles. The van der Waals surface area contributed by atoms with Crippen molar-refractivity contribution in [1.29, 1.82) is 0 Å². The molecule has 0 amide bonds. The number of rotatable bonds is 4. The van der Waals surface area contributed by atoms with Gasteiger partial charge in [0.25, 0.3) is 0 Å². The monoisotopic (exact) mass is 360 g/mol. The smallest absolute Gasteiger partial charge is 0.213 e. The lowest BCUT2D eigenvalue weighted by molar-refractivity contribution is 0.168. The molecule has 1 saturated heterocycles. The molecule has 142 valence electrons. The van der Waals surface area contributed by atoms with Gasteiger partial charge in [0.2, 0.25) is 5.89 Å². The van der Waals surface area contributed by atoms with Gasteiger partial charge >= 0.3 is 0 Å². The van der Waals surface area contributed by atoms with Crippen molar-refractivity contribution < 1.29 is 8.94 Å². The van der Waals surface area contributed by atoms with Gasteiger partial charge < -0.3 is 19.2 Å². The first-order chi connectivity index (χ1) is 12.5. The Morgan fingerprint density at radius 3 is 2.62 bits per heavy atom. The van der Waals surface area contributed by atoms with E-state index in [0.29, 0.717) is 12.4 Å². The molecule has 0 saturated carbocycles. The lowest BCUT2D eigenvalue weighted by Gasteiger charge is -2.36. The maximum absolute atomic E-state index is 5.83. The highest BCUT2D eigenvalue weighted by Gasteiger charge is 2.22. The molecule has 0 aromatic carbocycles. The van der Waals surface area contributed by atoms with E-state index in [0.717, 1.165) is 50.1 Å². The van der Waals surface area contributed by atoms with Crippen LogP contribution in [0.2, 0.25) is 0 Å². The molecule has 0 spiro atoms. The molecule has 0 unspecified atom stereocenters. The van der Waals surface area contributed by atoms with E-state index in [2.05, 4.69) is 51.0 Å². The fourth-order valence-corrected chi connectivity index (χ4v) is 2.89. The van der Waals surface area contributed by atoms with E-state index in [9.17, 15) is 0 Å². The van der Waals surface area contributed by atoms with Gasteiger partial charge in [0, 0.05) is 51.3 Å². The number of hydrogen-bond acceptors (Lipinski definition) is 6. The van der Waals surface area contributed by atoms with Crippen LogP contribution in [0.3, 0.4) is 0 Å². The fraction of sp³-hybridized carbons (Fsp3) is 0.611. The fourth-order valence-electron chi connectivity index (χ4n) is 2.89. The summed E-state index contributed by atoms with van der Waals surface area (Å²) < 4.78 is 10.7. The summed E-state index contributed by atoms with van der Waals surface area (Å²) in [4.78, 5) is 13.4. The van der Waals surface area contributed by atoms with Crippen LogP contribution in [0.25, 0.3) is 0 Å². The lowest BCUT2D eigenvalue weighted by Crippen LogP contribution is -2.52. The molecule has 1 aliphatic heterocycles. The average Bonchev–Trinajstić information content (AvgIpc) is 3.28. The zero-order valence-electron chi connectivity index (χ0n) is 16.0. The second-order valence-corrected chi connectivity index (χ2v) is 7.52. The summed E-state index contributed by atoms with van der Waals surface area (Å²) in [5.74, 6) is 2.45. The largest absolute Gasteiger partial charge is 0.443 e. The first-order valence-corrected chi connectivity index (χ1v) is 8.98. The molecule has 1 N–H and O–H groups in total. The molecular formula is C18H28N6O2. The number of guanidine groups is 1. The number of hydrogen-bond donors (Lipinski definition) is 1. The van der Waals surface area contributed by atoms with Crippen LogP contribution >= 0.6 is 0 Å². The minimum Gasteiger partial charge on any atom is -0.443 e. The van der Waals surface area contributed by atoms with Gasteiger partial charge in [-0.15, -0.1) is 0 Å². The Morgan fingerprint density at radius 1 is 1.27 bits per heavy atom. The van der Waals surface area contributed by atoms with Crippen LogP contribution < -0.4 is 5.32 Å². The van der Waals surface area contributed by atoms with E-state index in [1.807, 2.05) is 12.3 Å². The number of aromatic nitrogens is 2. The topological polar surface area (TPSA) is 82.9 Å². The van der Waals surface area contributed by atoms with E-state index in [1.54, 1.807) is 13.3 Å². The average molecular weight is 360 g/mol. The van der Waals surface area contributed by atoms with Gasteiger partial charge in [-0.2, -0.15) is 0 Å². The summed E-state index contributed by atoms with van der Waals surface area (Å²) in [6.45, 7) is 11.4. The Morgan fingerprint density at radius 2 is 2.04 bits per heavy atom. The summed E-state index contributed by atoms with van der Waals surface area (Å²) in [7, 11) is 1.81. The Hall–Kier alpha value is -2.35. The lowest BCUT2D eigenvalue weighted by atomic mass is 9.94. The van der Waals surface area contributed by atoms with Crippen molar-refractivity contribution >= 4 is 5.96 Å². The predicted octanol–water partition coefficient (Wildman–Crippen LogP) is 1.85. The Kier molecular flexibility index (Phi) is 5.61. The molecular weight excluding hydrogens is 332 g/mol. The molecule has 0 aliphatic carbocycles. The van der Waals surface area contributed by atoms with Crippen molar-refractivity contribution in [1.82, 2.24) is 25.3 Å². The van der Waals surface area contributed by atoms with Crippen LogP contribution in [0.4, 0.5) is 0 Å². The molecule has 1 fully saturated rings. The zero-order valence-corrected chi connectivity index (χ0v) is 16.0. The molecule has 0 radical (unpaired) electrons. The van der Waals surface area contributed by atoms with Crippen molar-refractivity contribution in [3.05, 3.63) is 35.9 Å². The van der Waals surface area contributed by atoms with Crippen LogP contribution in [0, 0.1) is 0 Å². The van der Waals surface area contributed by atoms with Crippen molar-refractivity contribution in [2.45, 2.75) is 39.3 Å². The predicted molar refractivity (Wildman–Crippen MR) is 98.8 cm³/mol. The SMILES string of the molecule is CN=C(NCc1ncc(C(C)(C)C)o1)N1CCN(Cc2ccon2)CC1. The number of aliphatic imine (C=N–C) groups is 1. The van der Waals surface area contributed by atoms with Crippen molar-refractivity contribution in [2.24, 2.45) is 4.99 Å². The van der Waals surface area contributed by atoms with E-state index in [-0.39, 0.29) is 5.41 Å². The third-order valence-electron chi connectivity index (χ3n) is 4.45. The van der Waals surface area contributed by atoms with Crippen molar-refractivity contribution in [3.8, 4) is 0 Å². The van der Waals surface area contributed by atoms with Crippen LogP contribution in [0.1, 0.15) is 38.1 Å². The first-order valence-electron chi connectivity index (χ1n) is 8.98. The Labute approximate surface area is 154 Å². The third-order valence-corrected chi connectivity index (χ3v) is 4.45. The van der Waals surface area contributed by atoms with Crippen LogP contribution in [-0.2, 0) is 18.5 Å². The Bertz CT molecular complexity index is 708. The molecule has 3 rings (SSSR count). The van der Waals surface area contributed by atoms with Crippen LogP contribution in [0.5, 0.6) is 0 Å². The van der Waals surface area contributed by atoms with Crippen molar-refractivity contribution in [2.75, 3.05) is 33.2 Å². The molecule has 0 bridgehead atoms. The van der Waals surface area contributed by atoms with Crippen molar-refractivity contribution in [3.63, 3.8) is 0 Å². The molecule has 26 heavy (non-hydrogen) atoms. The van der Waals surface area contributed by atoms with Crippen LogP contribution in [-0.4, -0.2) is 59.1 Å². The van der Waals surface area contributed by atoms with Gasteiger partial charge in [-0.3, -0.25) is 9.89 Å². The van der Waals surface area contributed by atoms with Gasteiger partial charge in [0.05, 0.1) is 18.4 Å². The van der Waals surface area contributed by atoms with E-state index < -0.39 is 0 Å². The van der Waals surface area contributed by atoms with Gasteiger partial charge in [-0.05, 0) is 0 Å². The number of piperazine rings is 1. The highest BCUT2D eigenvalue weighted by molar-refractivity contribution is 5.79. The third kappa shape index (κ3) is 4.63. The minimum atomic E-state index is -0.0346. The summed E-state index contributed by atoms with van der Waals surface area (Å²) in [6.07, 6.45) is 3.42. The first kappa shape index (κ1) is 18.4. The normalized spacial score (nSPS) is 16.9. The van der Waals surface area contributed by atoms with E-state index in [4.69, 9.17) is 8.94 Å². The van der Waals surface area contributed by atoms with Gasteiger partial charge in [0.1, 0.15) is 12.0 Å². The summed E-state index contributed by atoms with van der Waals surface area (Å²) in [6, 6.07) is 1.91. The second kappa shape index (κ2) is 7.90. The quantitative estimate of drug-likeness (QED) is 0.658. The van der Waals surface area contributed by atoms with E-state index >= 15 is 0 Å². The highest BCUT2D eigenvalue weighted by atomic mass is 16.5. The van der Waals surface area contributed by atoms with Gasteiger partial charge in [-0.1, -0.05) is 25.9 Å². The number of oxazole rings is 1. The van der Waals surface area contributed by atoms with Crippen LogP contribution in [0.15, 0.2) is 32.5 Å².